The van der Waals surface area contributed by atoms with Crippen LogP contribution >= 0.6 is 0 Å². The maximum atomic E-state index is 14.1. The van der Waals surface area contributed by atoms with E-state index in [1.54, 1.807) is 11.1 Å². The minimum Gasteiger partial charge on any atom is -0.334 e. The number of rotatable bonds is 10. The van der Waals surface area contributed by atoms with Crippen LogP contribution in [0.1, 0.15) is 50.3 Å². The SMILES string of the molecule is CCC(CC)C(C)N(Cc1ccc(-n2nc[nH]2)cc1)C(=O)C(NC)C1Cc2ccccc2C1. The van der Waals surface area contributed by atoms with Gasteiger partial charge in [0.15, 0.2) is 0 Å². The Morgan fingerprint density at radius 3 is 2.21 bits per heavy atom. The van der Waals surface area contributed by atoms with Crippen LogP contribution in [-0.2, 0) is 24.2 Å². The standard InChI is InChI=1S/C27H37N5O/c1-5-21(6-2)19(3)31(17-20-11-13-25(14-12-20)32-29-18-30-32)27(33)26(28-4)24-15-22-9-7-8-10-23(22)16-24/h7-14,18-19,21,24,26,28H,5-6,15-17H2,1-4H3,(H,29,30). The summed E-state index contributed by atoms with van der Waals surface area (Å²) in [5.74, 6) is 0.980. The first kappa shape index (κ1) is 23.3. The van der Waals surface area contributed by atoms with Crippen LogP contribution in [0, 0.1) is 11.8 Å². The summed E-state index contributed by atoms with van der Waals surface area (Å²) in [4.78, 5) is 17.9. The van der Waals surface area contributed by atoms with E-state index in [2.05, 4.69) is 77.6 Å². The van der Waals surface area contributed by atoms with Gasteiger partial charge < -0.3 is 10.2 Å². The Kier molecular flexibility index (Phi) is 7.33. The average molecular weight is 448 g/mol. The van der Waals surface area contributed by atoms with Crippen molar-refractivity contribution in [3.05, 3.63) is 71.5 Å². The van der Waals surface area contributed by atoms with E-state index in [-0.39, 0.29) is 23.9 Å². The normalized spacial score (nSPS) is 15.5. The second kappa shape index (κ2) is 10.4. The van der Waals surface area contributed by atoms with E-state index in [0.717, 1.165) is 36.9 Å². The second-order valence-corrected chi connectivity index (χ2v) is 9.34. The summed E-state index contributed by atoms with van der Waals surface area (Å²) < 4.78 is 0. The molecular weight excluding hydrogens is 410 g/mol. The Balaban J connectivity index is 1.56. The highest BCUT2D eigenvalue weighted by molar-refractivity contribution is 5.83. The van der Waals surface area contributed by atoms with Crippen LogP contribution in [0.25, 0.3) is 5.69 Å². The third-order valence-corrected chi connectivity index (χ3v) is 7.52. The van der Waals surface area contributed by atoms with Gasteiger partial charge in [0.2, 0.25) is 5.91 Å². The van der Waals surface area contributed by atoms with Crippen molar-refractivity contribution in [2.75, 3.05) is 7.05 Å². The first-order chi connectivity index (χ1) is 16.0. The molecule has 2 atom stereocenters. The average Bonchev–Trinajstić information content (AvgIpc) is 3.22. The van der Waals surface area contributed by atoms with Crippen LogP contribution in [0.15, 0.2) is 54.9 Å². The molecule has 2 N–H and O–H groups in total. The molecule has 2 aromatic carbocycles. The lowest BCUT2D eigenvalue weighted by atomic mass is 9.90. The van der Waals surface area contributed by atoms with Crippen LogP contribution in [0.4, 0.5) is 0 Å². The summed E-state index contributed by atoms with van der Waals surface area (Å²) in [6.45, 7) is 7.29. The second-order valence-electron chi connectivity index (χ2n) is 9.34. The minimum atomic E-state index is -0.187. The van der Waals surface area contributed by atoms with E-state index in [1.165, 1.54) is 11.1 Å². The van der Waals surface area contributed by atoms with Crippen LogP contribution in [-0.4, -0.2) is 44.9 Å². The fourth-order valence-electron chi connectivity index (χ4n) is 5.41. The van der Waals surface area contributed by atoms with E-state index >= 15 is 0 Å². The molecule has 1 aliphatic carbocycles. The number of hydrogen-bond acceptors (Lipinski definition) is 3. The molecule has 6 heteroatoms. The molecule has 2 unspecified atom stereocenters. The van der Waals surface area contributed by atoms with Crippen molar-refractivity contribution in [2.24, 2.45) is 11.8 Å². The van der Waals surface area contributed by atoms with E-state index < -0.39 is 0 Å². The molecular formula is C27H37N5O. The number of nitrogens with zero attached hydrogens (tertiary/aromatic N) is 3. The number of H-pyrrole nitrogens is 1. The van der Waals surface area contributed by atoms with Gasteiger partial charge in [-0.15, -0.1) is 5.10 Å². The zero-order chi connectivity index (χ0) is 23.4. The number of likely N-dealkylation sites (N-methyl/N-ethyl adjacent to an activating group) is 1. The van der Waals surface area contributed by atoms with E-state index in [9.17, 15) is 4.79 Å². The Bertz CT molecular complexity index is 999. The van der Waals surface area contributed by atoms with Gasteiger partial charge in [0.25, 0.3) is 0 Å². The number of aromatic amines is 1. The first-order valence-corrected chi connectivity index (χ1v) is 12.3. The number of carbonyl (C=O) groups excluding carboxylic acids is 1. The summed E-state index contributed by atoms with van der Waals surface area (Å²) in [6, 6.07) is 16.9. The quantitative estimate of drug-likeness (QED) is 0.485. The Labute approximate surface area is 197 Å². The summed E-state index contributed by atoms with van der Waals surface area (Å²) in [6.07, 6.45) is 5.71. The van der Waals surface area contributed by atoms with Gasteiger partial charge in [-0.05, 0) is 67.5 Å². The third-order valence-electron chi connectivity index (χ3n) is 7.52. The van der Waals surface area contributed by atoms with Gasteiger partial charge in [-0.25, -0.2) is 0 Å². The number of aromatic nitrogens is 3. The summed E-state index contributed by atoms with van der Waals surface area (Å²) in [5, 5.41) is 10.6. The maximum Gasteiger partial charge on any atom is 0.240 e. The highest BCUT2D eigenvalue weighted by Crippen LogP contribution is 2.31. The molecule has 176 valence electrons. The van der Waals surface area contributed by atoms with Crippen molar-refractivity contribution < 1.29 is 4.79 Å². The van der Waals surface area contributed by atoms with Gasteiger partial charge in [-0.1, -0.05) is 63.1 Å². The van der Waals surface area contributed by atoms with Gasteiger partial charge >= 0.3 is 0 Å². The topological polar surface area (TPSA) is 66.0 Å². The van der Waals surface area contributed by atoms with Crippen molar-refractivity contribution >= 4 is 5.91 Å². The maximum absolute atomic E-state index is 14.1. The van der Waals surface area contributed by atoms with Crippen molar-refractivity contribution in [3.8, 4) is 5.69 Å². The van der Waals surface area contributed by atoms with Gasteiger partial charge in [-0.3, -0.25) is 9.89 Å². The van der Waals surface area contributed by atoms with Crippen molar-refractivity contribution in [2.45, 2.75) is 65.1 Å². The Hall–Kier alpha value is -2.86. The first-order valence-electron chi connectivity index (χ1n) is 12.3. The monoisotopic (exact) mass is 447 g/mol. The van der Waals surface area contributed by atoms with Gasteiger partial charge in [0.1, 0.15) is 6.33 Å². The summed E-state index contributed by atoms with van der Waals surface area (Å²) in [5.41, 5.74) is 4.89. The number of hydrogen-bond donors (Lipinski definition) is 2. The predicted octanol–water partition coefficient (Wildman–Crippen LogP) is 4.36. The molecule has 1 heterocycles. The van der Waals surface area contributed by atoms with E-state index in [4.69, 9.17) is 0 Å². The molecule has 0 fully saturated rings. The van der Waals surface area contributed by atoms with E-state index in [1.807, 2.05) is 19.2 Å². The van der Waals surface area contributed by atoms with Crippen LogP contribution in [0.5, 0.6) is 0 Å². The Morgan fingerprint density at radius 2 is 1.73 bits per heavy atom. The number of amides is 1. The lowest BCUT2D eigenvalue weighted by Gasteiger charge is -2.38. The molecule has 1 aliphatic rings. The molecule has 1 aromatic heterocycles. The fourth-order valence-corrected chi connectivity index (χ4v) is 5.41. The number of fused-ring (bicyclic) bond motifs is 1. The molecule has 0 saturated carbocycles. The van der Waals surface area contributed by atoms with Crippen LogP contribution in [0.3, 0.4) is 0 Å². The third kappa shape index (κ3) is 4.91. The molecule has 0 aliphatic heterocycles. The summed E-state index contributed by atoms with van der Waals surface area (Å²) >= 11 is 0. The fraction of sp³-hybridized carbons (Fsp3) is 0.481. The smallest absolute Gasteiger partial charge is 0.240 e. The van der Waals surface area contributed by atoms with Crippen molar-refractivity contribution in [1.82, 2.24) is 25.2 Å². The summed E-state index contributed by atoms with van der Waals surface area (Å²) in [7, 11) is 1.93. The molecule has 33 heavy (non-hydrogen) atoms. The van der Waals surface area contributed by atoms with Crippen molar-refractivity contribution in [3.63, 3.8) is 0 Å². The number of nitrogens with one attached hydrogen (secondary N) is 2. The molecule has 0 spiro atoms. The van der Waals surface area contributed by atoms with Crippen LogP contribution < -0.4 is 5.32 Å². The lowest BCUT2D eigenvalue weighted by molar-refractivity contribution is -0.138. The molecule has 4 rings (SSSR count). The molecule has 0 radical (unpaired) electrons. The largest absolute Gasteiger partial charge is 0.334 e. The van der Waals surface area contributed by atoms with Crippen LogP contribution in [0.2, 0.25) is 0 Å². The number of benzene rings is 2. The van der Waals surface area contributed by atoms with E-state index in [0.29, 0.717) is 12.5 Å². The van der Waals surface area contributed by atoms with Gasteiger partial charge in [0, 0.05) is 12.6 Å². The Morgan fingerprint density at radius 1 is 1.12 bits per heavy atom. The van der Waals surface area contributed by atoms with Gasteiger partial charge in [-0.2, -0.15) is 4.80 Å². The molecule has 3 aromatic rings. The zero-order valence-corrected chi connectivity index (χ0v) is 20.3. The van der Waals surface area contributed by atoms with Crippen molar-refractivity contribution in [1.29, 1.82) is 0 Å². The molecule has 0 bridgehead atoms. The highest BCUT2D eigenvalue weighted by Gasteiger charge is 2.37. The predicted molar refractivity (Wildman–Crippen MR) is 132 cm³/mol. The molecule has 1 amide bonds. The zero-order valence-electron chi connectivity index (χ0n) is 20.3. The molecule has 0 saturated heterocycles. The lowest BCUT2D eigenvalue weighted by Crippen LogP contribution is -2.53. The highest BCUT2D eigenvalue weighted by atomic mass is 16.2. The number of carbonyl (C=O) groups is 1. The van der Waals surface area contributed by atoms with Gasteiger partial charge in [0.05, 0.1) is 11.7 Å². The minimum absolute atomic E-state index is 0.174. The molecule has 6 nitrogen and oxygen atoms in total.